The van der Waals surface area contributed by atoms with Gasteiger partial charge < -0.3 is 9.64 Å². The van der Waals surface area contributed by atoms with E-state index in [4.69, 9.17) is 4.74 Å². The summed E-state index contributed by atoms with van der Waals surface area (Å²) in [5.74, 6) is 1.11. The van der Waals surface area contributed by atoms with E-state index >= 15 is 0 Å². The number of benzene rings is 1. The Bertz CT molecular complexity index is 472. The predicted octanol–water partition coefficient (Wildman–Crippen LogP) is 3.38. The molecule has 1 amide bonds. The third-order valence-electron chi connectivity index (χ3n) is 4.59. The van der Waals surface area contributed by atoms with Crippen LogP contribution in [0.15, 0.2) is 24.3 Å². The molecule has 20 heavy (non-hydrogen) atoms. The Morgan fingerprint density at radius 1 is 1.30 bits per heavy atom. The van der Waals surface area contributed by atoms with Crippen LogP contribution in [0.25, 0.3) is 0 Å². The summed E-state index contributed by atoms with van der Waals surface area (Å²) in [5, 5.41) is 0. The maximum atomic E-state index is 13.0. The number of likely N-dealkylation sites (tertiary alicyclic amines) is 1. The maximum absolute atomic E-state index is 13.0. The molecule has 110 valence electrons. The first kappa shape index (κ1) is 14.9. The van der Waals surface area contributed by atoms with Gasteiger partial charge in [-0.05, 0) is 43.9 Å². The Hall–Kier alpha value is -1.51. The minimum Gasteiger partial charge on any atom is -0.497 e. The third-order valence-corrected chi connectivity index (χ3v) is 4.59. The van der Waals surface area contributed by atoms with Gasteiger partial charge in [0.05, 0.1) is 12.5 Å². The summed E-state index contributed by atoms with van der Waals surface area (Å²) in [6.07, 6.45) is 3.99. The third kappa shape index (κ3) is 2.54. The lowest BCUT2D eigenvalue weighted by Crippen LogP contribution is -2.45. The number of carbonyl (C=O) groups excluding carboxylic acids is 1. The average Bonchev–Trinajstić information content (AvgIpc) is 2.67. The molecule has 1 aliphatic heterocycles. The maximum Gasteiger partial charge on any atom is 0.233 e. The van der Waals surface area contributed by atoms with E-state index in [1.807, 2.05) is 23.1 Å². The van der Waals surface area contributed by atoms with Crippen LogP contribution in [0.2, 0.25) is 0 Å². The van der Waals surface area contributed by atoms with Crippen LogP contribution >= 0.6 is 0 Å². The highest BCUT2D eigenvalue weighted by molar-refractivity contribution is 5.88. The van der Waals surface area contributed by atoms with Gasteiger partial charge in [-0.3, -0.25) is 4.79 Å². The average molecular weight is 275 g/mol. The molecule has 0 bridgehead atoms. The van der Waals surface area contributed by atoms with Crippen LogP contribution in [0.4, 0.5) is 0 Å². The van der Waals surface area contributed by atoms with Gasteiger partial charge in [-0.2, -0.15) is 0 Å². The molecule has 1 aromatic rings. The second kappa shape index (κ2) is 6.29. The highest BCUT2D eigenvalue weighted by atomic mass is 16.5. The lowest BCUT2D eigenvalue weighted by molar-refractivity contribution is -0.136. The second-order valence-electron chi connectivity index (χ2n) is 5.51. The van der Waals surface area contributed by atoms with E-state index in [1.54, 1.807) is 7.11 Å². The molecule has 0 radical (unpaired) electrons. The van der Waals surface area contributed by atoms with Crippen LogP contribution < -0.4 is 4.74 Å². The van der Waals surface area contributed by atoms with Gasteiger partial charge in [-0.15, -0.1) is 0 Å². The van der Waals surface area contributed by atoms with Crippen molar-refractivity contribution in [2.24, 2.45) is 0 Å². The van der Waals surface area contributed by atoms with Crippen molar-refractivity contribution in [3.05, 3.63) is 29.8 Å². The molecule has 1 saturated heterocycles. The number of hydrogen-bond donors (Lipinski definition) is 0. The Morgan fingerprint density at radius 3 is 2.75 bits per heavy atom. The number of rotatable bonds is 4. The molecule has 1 aromatic carbocycles. The van der Waals surface area contributed by atoms with Crippen molar-refractivity contribution in [1.82, 2.24) is 4.90 Å². The van der Waals surface area contributed by atoms with Crippen molar-refractivity contribution in [3.63, 3.8) is 0 Å². The van der Waals surface area contributed by atoms with Crippen molar-refractivity contribution in [3.8, 4) is 5.75 Å². The van der Waals surface area contributed by atoms with E-state index in [0.717, 1.165) is 50.1 Å². The standard InChI is InChI=1S/C17H25NO2/c1-4-17(14-9-8-10-15(13-14)20-3)11-6-7-12-18(5-2)16(17)19/h8-10,13H,4-7,11-12H2,1-3H3. The van der Waals surface area contributed by atoms with Gasteiger partial charge in [0.25, 0.3) is 0 Å². The molecular formula is C17H25NO2. The van der Waals surface area contributed by atoms with Gasteiger partial charge in [0.15, 0.2) is 0 Å². The Morgan fingerprint density at radius 2 is 2.10 bits per heavy atom. The molecule has 0 saturated carbocycles. The highest BCUT2D eigenvalue weighted by Gasteiger charge is 2.42. The predicted molar refractivity (Wildman–Crippen MR) is 81.1 cm³/mol. The molecule has 0 aliphatic carbocycles. The Labute approximate surface area is 121 Å². The molecule has 1 atom stereocenters. The number of methoxy groups -OCH3 is 1. The zero-order chi connectivity index (χ0) is 14.6. The van der Waals surface area contributed by atoms with Gasteiger partial charge >= 0.3 is 0 Å². The van der Waals surface area contributed by atoms with Crippen LogP contribution in [-0.2, 0) is 10.2 Å². The van der Waals surface area contributed by atoms with Crippen molar-refractivity contribution in [2.45, 2.75) is 44.9 Å². The van der Waals surface area contributed by atoms with E-state index < -0.39 is 0 Å². The molecule has 0 aromatic heterocycles. The van der Waals surface area contributed by atoms with Gasteiger partial charge in [-0.1, -0.05) is 25.5 Å². The minimum absolute atomic E-state index is 0.285. The molecule has 3 heteroatoms. The summed E-state index contributed by atoms with van der Waals surface area (Å²) in [5.41, 5.74) is 0.728. The van der Waals surface area contributed by atoms with E-state index in [2.05, 4.69) is 19.9 Å². The molecule has 1 unspecified atom stereocenters. The smallest absolute Gasteiger partial charge is 0.233 e. The SMILES string of the molecule is CCN1CCCCC(CC)(c2cccc(OC)c2)C1=O. The fraction of sp³-hybridized carbons (Fsp3) is 0.588. The van der Waals surface area contributed by atoms with Crippen molar-refractivity contribution in [1.29, 1.82) is 0 Å². The first-order chi connectivity index (χ1) is 9.67. The minimum atomic E-state index is -0.374. The van der Waals surface area contributed by atoms with Gasteiger partial charge in [-0.25, -0.2) is 0 Å². The number of carbonyl (C=O) groups is 1. The van der Waals surface area contributed by atoms with Crippen LogP contribution in [0, 0.1) is 0 Å². The number of hydrogen-bond acceptors (Lipinski definition) is 2. The second-order valence-corrected chi connectivity index (χ2v) is 5.51. The summed E-state index contributed by atoms with van der Waals surface area (Å²) < 4.78 is 5.33. The highest BCUT2D eigenvalue weighted by Crippen LogP contribution is 2.38. The summed E-state index contributed by atoms with van der Waals surface area (Å²) in [4.78, 5) is 15.0. The van der Waals surface area contributed by atoms with E-state index in [1.165, 1.54) is 0 Å². The summed E-state index contributed by atoms with van der Waals surface area (Å²) in [7, 11) is 1.67. The molecule has 2 rings (SSSR count). The Kier molecular flexibility index (Phi) is 4.69. The summed E-state index contributed by atoms with van der Waals surface area (Å²) in [6.45, 7) is 5.87. The zero-order valence-electron chi connectivity index (χ0n) is 12.8. The van der Waals surface area contributed by atoms with Gasteiger partial charge in [0.2, 0.25) is 5.91 Å². The number of amides is 1. The first-order valence-electron chi connectivity index (χ1n) is 7.62. The largest absolute Gasteiger partial charge is 0.497 e. The van der Waals surface area contributed by atoms with Crippen LogP contribution in [0.3, 0.4) is 0 Å². The molecular weight excluding hydrogens is 250 g/mol. The quantitative estimate of drug-likeness (QED) is 0.843. The number of nitrogens with zero attached hydrogens (tertiary/aromatic N) is 1. The molecule has 3 nitrogen and oxygen atoms in total. The van der Waals surface area contributed by atoms with Crippen LogP contribution in [-0.4, -0.2) is 31.0 Å². The van der Waals surface area contributed by atoms with Gasteiger partial charge in [0, 0.05) is 13.1 Å². The Balaban J connectivity index is 2.46. The molecule has 1 aliphatic rings. The van der Waals surface area contributed by atoms with Gasteiger partial charge in [0.1, 0.15) is 5.75 Å². The fourth-order valence-electron chi connectivity index (χ4n) is 3.26. The molecule has 0 N–H and O–H groups in total. The number of likely N-dealkylation sites (N-methyl/N-ethyl adjacent to an activating group) is 1. The lowest BCUT2D eigenvalue weighted by atomic mass is 9.73. The fourth-order valence-corrected chi connectivity index (χ4v) is 3.26. The topological polar surface area (TPSA) is 29.5 Å². The molecule has 1 heterocycles. The van der Waals surface area contributed by atoms with Crippen molar-refractivity contribution in [2.75, 3.05) is 20.2 Å². The van der Waals surface area contributed by atoms with Crippen LogP contribution in [0.5, 0.6) is 5.75 Å². The summed E-state index contributed by atoms with van der Waals surface area (Å²) >= 11 is 0. The monoisotopic (exact) mass is 275 g/mol. The van der Waals surface area contributed by atoms with Crippen LogP contribution in [0.1, 0.15) is 45.1 Å². The number of ether oxygens (including phenoxy) is 1. The molecule has 0 spiro atoms. The normalized spacial score (nSPS) is 23.6. The lowest BCUT2D eigenvalue weighted by Gasteiger charge is -2.34. The van der Waals surface area contributed by atoms with E-state index in [9.17, 15) is 4.79 Å². The zero-order valence-corrected chi connectivity index (χ0v) is 12.8. The van der Waals surface area contributed by atoms with E-state index in [0.29, 0.717) is 0 Å². The summed E-state index contributed by atoms with van der Waals surface area (Å²) in [6, 6.07) is 8.02. The molecule has 1 fully saturated rings. The van der Waals surface area contributed by atoms with Crippen molar-refractivity contribution < 1.29 is 9.53 Å². The van der Waals surface area contributed by atoms with Crippen molar-refractivity contribution >= 4 is 5.91 Å². The first-order valence-corrected chi connectivity index (χ1v) is 7.62. The van der Waals surface area contributed by atoms with E-state index in [-0.39, 0.29) is 11.3 Å².